The van der Waals surface area contributed by atoms with Crippen LogP contribution >= 0.6 is 24.8 Å². The van der Waals surface area contributed by atoms with Crippen LogP contribution in [0.5, 0.6) is 0 Å². The number of carbonyl (C=O) groups is 1. The van der Waals surface area contributed by atoms with Crippen molar-refractivity contribution in [3.05, 3.63) is 18.2 Å². The van der Waals surface area contributed by atoms with Crippen LogP contribution in [0, 0.1) is 0 Å². The molecule has 0 atom stereocenters. The van der Waals surface area contributed by atoms with E-state index in [1.54, 1.807) is 18.7 Å². The molecule has 0 unspecified atom stereocenters. The van der Waals surface area contributed by atoms with Gasteiger partial charge in [0, 0.05) is 38.6 Å². The minimum Gasteiger partial charge on any atom is -0.339 e. The Morgan fingerprint density at radius 2 is 1.87 bits per heavy atom. The summed E-state index contributed by atoms with van der Waals surface area (Å²) in [6, 6.07) is 0. The molecule has 0 aliphatic carbocycles. The average molecular weight is 374 g/mol. The Hall–Kier alpha value is -0.960. The zero-order chi connectivity index (χ0) is 15.6. The predicted octanol–water partition coefficient (Wildman–Crippen LogP) is 1.50. The average Bonchev–Trinajstić information content (AvgIpc) is 2.86. The van der Waals surface area contributed by atoms with Gasteiger partial charge in [-0.05, 0) is 13.8 Å². The van der Waals surface area contributed by atoms with Crippen LogP contribution < -0.4 is 5.73 Å². The van der Waals surface area contributed by atoms with Gasteiger partial charge in [-0.1, -0.05) is 0 Å². The van der Waals surface area contributed by atoms with Crippen molar-refractivity contribution in [1.82, 2.24) is 19.4 Å². The van der Waals surface area contributed by atoms with E-state index in [-0.39, 0.29) is 30.7 Å². The van der Waals surface area contributed by atoms with Crippen molar-refractivity contribution in [3.63, 3.8) is 0 Å². The van der Waals surface area contributed by atoms with E-state index in [1.165, 1.54) is 12.4 Å². The van der Waals surface area contributed by atoms with E-state index in [9.17, 15) is 13.6 Å². The van der Waals surface area contributed by atoms with Gasteiger partial charge in [0.05, 0.1) is 12.1 Å². The number of rotatable bonds is 4. The Morgan fingerprint density at radius 1 is 1.30 bits per heavy atom. The lowest BCUT2D eigenvalue weighted by atomic mass is 10.0. The summed E-state index contributed by atoms with van der Waals surface area (Å²) >= 11 is 0. The molecule has 1 amide bonds. The number of hydrogen-bond acceptors (Lipinski definition) is 4. The van der Waals surface area contributed by atoms with Crippen molar-refractivity contribution in [3.8, 4) is 0 Å². The highest BCUT2D eigenvalue weighted by Crippen LogP contribution is 2.15. The number of hydrogen-bond donors (Lipinski definition) is 1. The van der Waals surface area contributed by atoms with Gasteiger partial charge in [0.2, 0.25) is 5.91 Å². The SMILES string of the molecule is CC(C)(N)C(=O)N1CCN(Cc2nccn2C(F)F)CC1.Cl.Cl. The van der Waals surface area contributed by atoms with Gasteiger partial charge < -0.3 is 10.6 Å². The number of amides is 1. The molecule has 0 radical (unpaired) electrons. The molecule has 0 spiro atoms. The molecule has 0 aromatic carbocycles. The third kappa shape index (κ3) is 5.56. The first-order chi connectivity index (χ1) is 9.79. The molecule has 1 aliphatic rings. The molecule has 0 bridgehead atoms. The second kappa shape index (κ2) is 8.77. The zero-order valence-corrected chi connectivity index (χ0v) is 14.7. The van der Waals surface area contributed by atoms with E-state index < -0.39 is 12.1 Å². The van der Waals surface area contributed by atoms with E-state index in [2.05, 4.69) is 4.98 Å². The van der Waals surface area contributed by atoms with Crippen LogP contribution in [-0.4, -0.2) is 57.0 Å². The summed E-state index contributed by atoms with van der Waals surface area (Å²) < 4.78 is 26.4. The van der Waals surface area contributed by atoms with Gasteiger partial charge in [-0.3, -0.25) is 14.3 Å². The number of imidazole rings is 1. The summed E-state index contributed by atoms with van der Waals surface area (Å²) in [7, 11) is 0. The Balaban J connectivity index is 0.00000242. The van der Waals surface area contributed by atoms with Crippen molar-refractivity contribution >= 4 is 30.7 Å². The molecular formula is C13H23Cl2F2N5O. The fourth-order valence-electron chi connectivity index (χ4n) is 2.36. The van der Waals surface area contributed by atoms with E-state index in [1.807, 2.05) is 4.90 Å². The quantitative estimate of drug-likeness (QED) is 0.868. The lowest BCUT2D eigenvalue weighted by Gasteiger charge is -2.37. The number of nitrogens with two attached hydrogens (primary N) is 1. The maximum absolute atomic E-state index is 12.8. The largest absolute Gasteiger partial charge is 0.339 e. The maximum atomic E-state index is 12.8. The molecule has 2 rings (SSSR count). The van der Waals surface area contributed by atoms with Crippen LogP contribution in [-0.2, 0) is 11.3 Å². The molecular weight excluding hydrogens is 351 g/mol. The number of aromatic nitrogens is 2. The molecule has 1 aromatic rings. The van der Waals surface area contributed by atoms with E-state index in [0.717, 1.165) is 4.57 Å². The molecule has 1 fully saturated rings. The number of halogens is 4. The Morgan fingerprint density at radius 3 is 2.35 bits per heavy atom. The number of nitrogens with zero attached hydrogens (tertiary/aromatic N) is 4. The van der Waals surface area contributed by atoms with Crippen molar-refractivity contribution in [2.75, 3.05) is 26.2 Å². The number of carbonyl (C=O) groups excluding carboxylic acids is 1. The van der Waals surface area contributed by atoms with Crippen LogP contribution in [0.25, 0.3) is 0 Å². The second-order valence-electron chi connectivity index (χ2n) is 5.82. The minimum absolute atomic E-state index is 0. The van der Waals surface area contributed by atoms with Gasteiger partial charge >= 0.3 is 6.55 Å². The summed E-state index contributed by atoms with van der Waals surface area (Å²) in [5.41, 5.74) is 4.92. The lowest BCUT2D eigenvalue weighted by molar-refractivity contribution is -0.137. The number of piperazine rings is 1. The first kappa shape index (κ1) is 22.0. The van der Waals surface area contributed by atoms with Crippen LogP contribution in [0.4, 0.5) is 8.78 Å². The van der Waals surface area contributed by atoms with Crippen LogP contribution in [0.2, 0.25) is 0 Å². The summed E-state index contributed by atoms with van der Waals surface area (Å²) in [5, 5.41) is 0. The van der Waals surface area contributed by atoms with Gasteiger partial charge in [-0.15, -0.1) is 24.8 Å². The standard InChI is InChI=1S/C13H21F2N5O.2ClH/c1-13(2,16)11(21)19-7-5-18(6-8-19)9-10-17-3-4-20(10)12(14)15;;/h3-4,12H,5-9,16H2,1-2H3;2*1H. The predicted molar refractivity (Wildman–Crippen MR) is 88.1 cm³/mol. The molecule has 0 saturated carbocycles. The molecule has 23 heavy (non-hydrogen) atoms. The van der Waals surface area contributed by atoms with Crippen LogP contribution in [0.1, 0.15) is 26.2 Å². The molecule has 2 heterocycles. The monoisotopic (exact) mass is 373 g/mol. The fourth-order valence-corrected chi connectivity index (χ4v) is 2.36. The normalized spacial score (nSPS) is 16.0. The zero-order valence-electron chi connectivity index (χ0n) is 13.1. The summed E-state index contributed by atoms with van der Waals surface area (Å²) in [5.74, 6) is 0.250. The third-order valence-electron chi connectivity index (χ3n) is 3.53. The highest BCUT2D eigenvalue weighted by molar-refractivity contribution is 5.86. The Labute approximate surface area is 146 Å². The van der Waals surface area contributed by atoms with Crippen molar-refractivity contribution in [1.29, 1.82) is 0 Å². The van der Waals surface area contributed by atoms with Gasteiger partial charge in [0.15, 0.2) is 0 Å². The summed E-state index contributed by atoms with van der Waals surface area (Å²) in [6.45, 7) is 3.48. The molecule has 1 aromatic heterocycles. The van der Waals surface area contributed by atoms with Gasteiger partial charge in [0.1, 0.15) is 5.82 Å². The molecule has 6 nitrogen and oxygen atoms in total. The molecule has 1 aliphatic heterocycles. The minimum atomic E-state index is -2.58. The first-order valence-corrected chi connectivity index (χ1v) is 6.89. The third-order valence-corrected chi connectivity index (χ3v) is 3.53. The van der Waals surface area contributed by atoms with E-state index in [4.69, 9.17) is 5.73 Å². The molecule has 1 saturated heterocycles. The Bertz CT molecular complexity index is 499. The summed E-state index contributed by atoms with van der Waals surface area (Å²) in [6.07, 6.45) is 2.65. The van der Waals surface area contributed by atoms with Gasteiger partial charge in [-0.2, -0.15) is 8.78 Å². The molecule has 134 valence electrons. The van der Waals surface area contributed by atoms with Gasteiger partial charge in [0.25, 0.3) is 0 Å². The topological polar surface area (TPSA) is 67.4 Å². The lowest BCUT2D eigenvalue weighted by Crippen LogP contribution is -2.56. The Kier molecular flexibility index (Phi) is 8.40. The van der Waals surface area contributed by atoms with E-state index in [0.29, 0.717) is 38.5 Å². The maximum Gasteiger partial charge on any atom is 0.319 e. The molecule has 2 N–H and O–H groups in total. The van der Waals surface area contributed by atoms with Crippen molar-refractivity contribution < 1.29 is 13.6 Å². The van der Waals surface area contributed by atoms with Gasteiger partial charge in [-0.25, -0.2) is 4.98 Å². The second-order valence-corrected chi connectivity index (χ2v) is 5.82. The highest BCUT2D eigenvalue weighted by Gasteiger charge is 2.30. The summed E-state index contributed by atoms with van der Waals surface area (Å²) in [4.78, 5) is 19.7. The van der Waals surface area contributed by atoms with Crippen LogP contribution in [0.15, 0.2) is 12.4 Å². The number of alkyl halides is 2. The van der Waals surface area contributed by atoms with E-state index >= 15 is 0 Å². The smallest absolute Gasteiger partial charge is 0.319 e. The fraction of sp³-hybridized carbons (Fsp3) is 0.692. The van der Waals surface area contributed by atoms with Crippen LogP contribution in [0.3, 0.4) is 0 Å². The highest BCUT2D eigenvalue weighted by atomic mass is 35.5. The molecule has 10 heteroatoms. The van der Waals surface area contributed by atoms with Crippen molar-refractivity contribution in [2.24, 2.45) is 5.73 Å². The first-order valence-electron chi connectivity index (χ1n) is 6.89. The van der Waals surface area contributed by atoms with Crippen molar-refractivity contribution in [2.45, 2.75) is 32.5 Å².